The molecular weight excluding hydrogens is 378 g/mol. The van der Waals surface area contributed by atoms with E-state index in [1.54, 1.807) is 14.2 Å². The highest BCUT2D eigenvalue weighted by atomic mass is 16.5. The number of benzene rings is 1. The largest absolute Gasteiger partial charge is 0.497 e. The lowest BCUT2D eigenvalue weighted by atomic mass is 9.99. The maximum absolute atomic E-state index is 5.55. The van der Waals surface area contributed by atoms with Gasteiger partial charge in [-0.1, -0.05) is 0 Å². The molecule has 7 nitrogen and oxygen atoms in total. The quantitative estimate of drug-likeness (QED) is 0.542. The molecule has 2 aliphatic heterocycles. The molecule has 1 aromatic carbocycles. The fourth-order valence-electron chi connectivity index (χ4n) is 4.43. The van der Waals surface area contributed by atoms with Crippen LogP contribution in [0.4, 0.5) is 0 Å². The summed E-state index contributed by atoms with van der Waals surface area (Å²) in [6.45, 7) is 11.2. The standard InChI is InChI=1S/C23H39N5O2/c1-5-24-23(25-16-19-7-6-10-26(2)17-19)28-13-11-27(12-14-28)18-20-15-21(29-3)8-9-22(20)30-4/h8-9,15,19H,5-7,10-14,16-18H2,1-4H3,(H,24,25). The van der Waals surface area contributed by atoms with Crippen LogP contribution in [0.5, 0.6) is 11.5 Å². The number of guanidine groups is 1. The van der Waals surface area contributed by atoms with Gasteiger partial charge >= 0.3 is 0 Å². The minimum atomic E-state index is 0.680. The second-order valence-corrected chi connectivity index (χ2v) is 8.41. The Labute approximate surface area is 182 Å². The highest BCUT2D eigenvalue weighted by Gasteiger charge is 2.22. The molecule has 2 fully saturated rings. The normalized spacial score (nSPS) is 21.5. The lowest BCUT2D eigenvalue weighted by Crippen LogP contribution is -2.52. The van der Waals surface area contributed by atoms with Gasteiger partial charge in [0.15, 0.2) is 5.96 Å². The number of nitrogens with zero attached hydrogens (tertiary/aromatic N) is 4. The molecule has 168 valence electrons. The monoisotopic (exact) mass is 417 g/mol. The summed E-state index contributed by atoms with van der Waals surface area (Å²) in [5, 5.41) is 3.51. The molecular formula is C23H39N5O2. The number of methoxy groups -OCH3 is 2. The van der Waals surface area contributed by atoms with Crippen molar-refractivity contribution in [2.45, 2.75) is 26.3 Å². The maximum atomic E-state index is 5.55. The molecule has 0 saturated carbocycles. The van der Waals surface area contributed by atoms with Crippen LogP contribution >= 0.6 is 0 Å². The molecule has 1 atom stereocenters. The van der Waals surface area contributed by atoms with E-state index in [1.807, 2.05) is 12.1 Å². The lowest BCUT2D eigenvalue weighted by molar-refractivity contribution is 0.170. The molecule has 2 heterocycles. The van der Waals surface area contributed by atoms with Crippen molar-refractivity contribution in [2.24, 2.45) is 10.9 Å². The van der Waals surface area contributed by atoms with Crippen LogP contribution < -0.4 is 14.8 Å². The average Bonchev–Trinajstić information content (AvgIpc) is 2.77. The SMILES string of the molecule is CCNC(=NCC1CCCN(C)C1)N1CCN(Cc2cc(OC)ccc2OC)CC1. The molecule has 2 aliphatic rings. The minimum absolute atomic E-state index is 0.680. The highest BCUT2D eigenvalue weighted by Crippen LogP contribution is 2.25. The van der Waals surface area contributed by atoms with Crippen LogP contribution in [0.25, 0.3) is 0 Å². The van der Waals surface area contributed by atoms with Gasteiger partial charge < -0.3 is 24.6 Å². The smallest absolute Gasteiger partial charge is 0.194 e. The fourth-order valence-corrected chi connectivity index (χ4v) is 4.43. The predicted octanol–water partition coefficient (Wildman–Crippen LogP) is 2.13. The molecule has 1 aromatic rings. The number of hydrogen-bond donors (Lipinski definition) is 1. The summed E-state index contributed by atoms with van der Waals surface area (Å²) < 4.78 is 10.9. The number of rotatable bonds is 7. The van der Waals surface area contributed by atoms with Gasteiger partial charge in [-0.2, -0.15) is 0 Å². The first-order valence-corrected chi connectivity index (χ1v) is 11.3. The van der Waals surface area contributed by atoms with Gasteiger partial charge in [-0.25, -0.2) is 0 Å². The molecule has 3 rings (SSSR count). The third-order valence-corrected chi connectivity index (χ3v) is 6.11. The number of hydrogen-bond acceptors (Lipinski definition) is 5. The number of ether oxygens (including phenoxy) is 2. The zero-order valence-corrected chi connectivity index (χ0v) is 19.2. The van der Waals surface area contributed by atoms with Gasteiger partial charge in [-0.3, -0.25) is 9.89 Å². The Hall–Kier alpha value is -1.99. The molecule has 1 N–H and O–H groups in total. The molecule has 0 aromatic heterocycles. The van der Waals surface area contributed by atoms with Gasteiger partial charge in [0.05, 0.1) is 14.2 Å². The number of aliphatic imine (C=N–C) groups is 1. The van der Waals surface area contributed by atoms with Crippen molar-refractivity contribution < 1.29 is 9.47 Å². The summed E-state index contributed by atoms with van der Waals surface area (Å²) in [4.78, 5) is 12.3. The van der Waals surface area contributed by atoms with Crippen LogP contribution in [-0.2, 0) is 6.54 Å². The van der Waals surface area contributed by atoms with Crippen LogP contribution in [-0.4, -0.2) is 94.3 Å². The van der Waals surface area contributed by atoms with Crippen LogP contribution in [0.3, 0.4) is 0 Å². The minimum Gasteiger partial charge on any atom is -0.497 e. The van der Waals surface area contributed by atoms with E-state index in [9.17, 15) is 0 Å². The first-order chi connectivity index (χ1) is 14.6. The number of piperidine rings is 1. The van der Waals surface area contributed by atoms with Crippen molar-refractivity contribution >= 4 is 5.96 Å². The van der Waals surface area contributed by atoms with Gasteiger partial charge in [0.25, 0.3) is 0 Å². The van der Waals surface area contributed by atoms with Crippen molar-refractivity contribution in [2.75, 3.05) is 73.6 Å². The van der Waals surface area contributed by atoms with E-state index in [0.717, 1.165) is 63.3 Å². The fraction of sp³-hybridized carbons (Fsp3) is 0.696. The Morgan fingerprint density at radius 1 is 1.13 bits per heavy atom. The molecule has 7 heteroatoms. The van der Waals surface area contributed by atoms with Gasteiger partial charge in [-0.15, -0.1) is 0 Å². The van der Waals surface area contributed by atoms with Crippen molar-refractivity contribution in [3.63, 3.8) is 0 Å². The van der Waals surface area contributed by atoms with Gasteiger partial charge in [0, 0.05) is 57.9 Å². The second-order valence-electron chi connectivity index (χ2n) is 8.41. The number of piperazine rings is 1. The summed E-state index contributed by atoms with van der Waals surface area (Å²) >= 11 is 0. The molecule has 0 amide bonds. The predicted molar refractivity (Wildman–Crippen MR) is 123 cm³/mol. The second kappa shape index (κ2) is 11.4. The van der Waals surface area contributed by atoms with Crippen LogP contribution in [0.15, 0.2) is 23.2 Å². The van der Waals surface area contributed by atoms with E-state index in [0.29, 0.717) is 5.92 Å². The van der Waals surface area contributed by atoms with E-state index >= 15 is 0 Å². The Morgan fingerprint density at radius 2 is 1.93 bits per heavy atom. The summed E-state index contributed by atoms with van der Waals surface area (Å²) in [6, 6.07) is 6.02. The van der Waals surface area contributed by atoms with Crippen molar-refractivity contribution in [1.82, 2.24) is 20.0 Å². The van der Waals surface area contributed by atoms with E-state index in [4.69, 9.17) is 14.5 Å². The van der Waals surface area contributed by atoms with Crippen LogP contribution in [0.1, 0.15) is 25.3 Å². The number of likely N-dealkylation sites (tertiary alicyclic amines) is 1. The first kappa shape index (κ1) is 22.7. The van der Waals surface area contributed by atoms with Crippen LogP contribution in [0.2, 0.25) is 0 Å². The summed E-state index contributed by atoms with van der Waals surface area (Å²) in [7, 11) is 5.65. The first-order valence-electron chi connectivity index (χ1n) is 11.3. The molecule has 30 heavy (non-hydrogen) atoms. The topological polar surface area (TPSA) is 52.6 Å². The molecule has 0 bridgehead atoms. The van der Waals surface area contributed by atoms with Gasteiger partial charge in [0.1, 0.15) is 11.5 Å². The van der Waals surface area contributed by atoms with E-state index in [-0.39, 0.29) is 0 Å². The van der Waals surface area contributed by atoms with E-state index < -0.39 is 0 Å². The summed E-state index contributed by atoms with van der Waals surface area (Å²) in [6.07, 6.45) is 2.59. The Balaban J connectivity index is 1.55. The van der Waals surface area contributed by atoms with Crippen LogP contribution in [0, 0.1) is 5.92 Å². The molecule has 0 aliphatic carbocycles. The van der Waals surface area contributed by atoms with Crippen molar-refractivity contribution in [3.8, 4) is 11.5 Å². The third-order valence-electron chi connectivity index (χ3n) is 6.11. The zero-order valence-electron chi connectivity index (χ0n) is 19.2. The average molecular weight is 418 g/mol. The Kier molecular flexibility index (Phi) is 8.63. The molecule has 0 radical (unpaired) electrons. The Morgan fingerprint density at radius 3 is 2.60 bits per heavy atom. The van der Waals surface area contributed by atoms with Crippen molar-refractivity contribution in [1.29, 1.82) is 0 Å². The summed E-state index contributed by atoms with van der Waals surface area (Å²) in [5.74, 6) is 3.55. The van der Waals surface area contributed by atoms with Crippen molar-refractivity contribution in [3.05, 3.63) is 23.8 Å². The molecule has 0 spiro atoms. The zero-order chi connectivity index (χ0) is 21.3. The Bertz CT molecular complexity index is 688. The number of nitrogens with one attached hydrogen (secondary N) is 1. The molecule has 1 unspecified atom stereocenters. The van der Waals surface area contributed by atoms with E-state index in [1.165, 1.54) is 31.5 Å². The van der Waals surface area contributed by atoms with Gasteiger partial charge in [-0.05, 0) is 57.5 Å². The van der Waals surface area contributed by atoms with Gasteiger partial charge in [0.2, 0.25) is 0 Å². The third kappa shape index (κ3) is 6.25. The summed E-state index contributed by atoms with van der Waals surface area (Å²) in [5.41, 5.74) is 1.17. The van der Waals surface area contributed by atoms with E-state index in [2.05, 4.69) is 40.1 Å². The lowest BCUT2D eigenvalue weighted by Gasteiger charge is -2.37. The maximum Gasteiger partial charge on any atom is 0.194 e. The highest BCUT2D eigenvalue weighted by molar-refractivity contribution is 5.80. The molecule has 2 saturated heterocycles.